The summed E-state index contributed by atoms with van der Waals surface area (Å²) in [6, 6.07) is 5.85. The third-order valence-electron chi connectivity index (χ3n) is 3.82. The van der Waals surface area contributed by atoms with Gasteiger partial charge in [0.2, 0.25) is 0 Å². The van der Waals surface area contributed by atoms with Crippen molar-refractivity contribution in [1.82, 2.24) is 4.98 Å². The van der Waals surface area contributed by atoms with Crippen LogP contribution in [0.1, 0.15) is 19.8 Å². The molecule has 1 aromatic heterocycles. The fraction of sp³-hybridized carbons (Fsp3) is 0.412. The number of nitrogen functional groups attached to an aromatic ring is 1. The van der Waals surface area contributed by atoms with E-state index in [4.69, 9.17) is 15.2 Å². The lowest BCUT2D eigenvalue weighted by Crippen LogP contribution is -2.37. The summed E-state index contributed by atoms with van der Waals surface area (Å²) in [6.07, 6.45) is 1.90. The number of anilines is 2. The summed E-state index contributed by atoms with van der Waals surface area (Å²) in [6.45, 7) is 3.98. The molecule has 2 N–H and O–H groups in total. The number of carbonyl (C=O) groups is 1. The molecular formula is C17H21N3O3S. The maximum Gasteiger partial charge on any atom is 0.325 e. The van der Waals surface area contributed by atoms with Gasteiger partial charge in [0.25, 0.3) is 0 Å². The first-order chi connectivity index (χ1) is 11.7. The Morgan fingerprint density at radius 3 is 3.12 bits per heavy atom. The summed E-state index contributed by atoms with van der Waals surface area (Å²) in [5.41, 5.74) is 8.39. The van der Waals surface area contributed by atoms with Crippen molar-refractivity contribution in [3.05, 3.63) is 23.6 Å². The lowest BCUT2D eigenvalue weighted by atomic mass is 10.1. The van der Waals surface area contributed by atoms with Crippen molar-refractivity contribution in [1.29, 1.82) is 0 Å². The first-order valence-electron chi connectivity index (χ1n) is 8.06. The predicted octanol–water partition coefficient (Wildman–Crippen LogP) is 2.93. The Bertz CT molecular complexity index is 717. The van der Waals surface area contributed by atoms with Crippen molar-refractivity contribution >= 4 is 28.1 Å². The Balaban J connectivity index is 1.77. The van der Waals surface area contributed by atoms with Crippen LogP contribution in [-0.4, -0.2) is 37.3 Å². The zero-order valence-electron chi connectivity index (χ0n) is 13.7. The fourth-order valence-corrected chi connectivity index (χ4v) is 3.12. The van der Waals surface area contributed by atoms with Crippen LogP contribution in [0.25, 0.3) is 11.3 Å². The number of ether oxygens (including phenoxy) is 2. The molecule has 3 rings (SSSR count). The number of aromatic nitrogens is 1. The number of unbranched alkanes of at least 4 members (excludes halogenated alkanes) is 1. The maximum atomic E-state index is 12.0. The van der Waals surface area contributed by atoms with Gasteiger partial charge in [-0.3, -0.25) is 4.79 Å². The fourth-order valence-electron chi connectivity index (χ4n) is 2.55. The standard InChI is InChI=1S/C17H21N3O3S/c1-2-3-7-23-16(21)10-20-6-8-22-15-5-4-12(9-14(15)20)13-11-24-17(18)19-13/h4-5,9,11H,2-3,6-8,10H2,1H3,(H2,18,19). The summed E-state index contributed by atoms with van der Waals surface area (Å²) in [7, 11) is 0. The molecule has 0 atom stereocenters. The van der Waals surface area contributed by atoms with Gasteiger partial charge in [-0.05, 0) is 24.6 Å². The van der Waals surface area contributed by atoms with Gasteiger partial charge in [0.05, 0.1) is 24.5 Å². The van der Waals surface area contributed by atoms with Crippen LogP contribution < -0.4 is 15.4 Å². The first-order valence-corrected chi connectivity index (χ1v) is 8.94. The molecule has 0 spiro atoms. The van der Waals surface area contributed by atoms with Gasteiger partial charge in [-0.2, -0.15) is 0 Å². The van der Waals surface area contributed by atoms with Crippen LogP contribution in [0.15, 0.2) is 23.6 Å². The monoisotopic (exact) mass is 347 g/mol. The topological polar surface area (TPSA) is 77.7 Å². The predicted molar refractivity (Wildman–Crippen MR) is 95.5 cm³/mol. The molecule has 1 aliphatic heterocycles. The average Bonchev–Trinajstić information content (AvgIpc) is 3.01. The van der Waals surface area contributed by atoms with E-state index in [1.54, 1.807) is 0 Å². The van der Waals surface area contributed by atoms with Crippen LogP contribution in [0.3, 0.4) is 0 Å². The van der Waals surface area contributed by atoms with Crippen LogP contribution >= 0.6 is 11.3 Å². The lowest BCUT2D eigenvalue weighted by Gasteiger charge is -2.30. The van der Waals surface area contributed by atoms with Crippen LogP contribution in [0.2, 0.25) is 0 Å². The summed E-state index contributed by atoms with van der Waals surface area (Å²) < 4.78 is 11.0. The highest BCUT2D eigenvalue weighted by molar-refractivity contribution is 7.13. The van der Waals surface area contributed by atoms with E-state index in [1.165, 1.54) is 11.3 Å². The molecule has 2 heterocycles. The van der Waals surface area contributed by atoms with E-state index in [0.717, 1.165) is 35.5 Å². The Kier molecular flexibility index (Phi) is 5.20. The van der Waals surface area contributed by atoms with E-state index in [2.05, 4.69) is 11.9 Å². The molecule has 0 saturated heterocycles. The van der Waals surface area contributed by atoms with Crippen molar-refractivity contribution in [3.8, 4) is 17.0 Å². The van der Waals surface area contributed by atoms with Gasteiger partial charge in [0.15, 0.2) is 5.13 Å². The molecule has 0 amide bonds. The molecule has 1 aromatic carbocycles. The van der Waals surface area contributed by atoms with Crippen LogP contribution in [-0.2, 0) is 9.53 Å². The Hall–Kier alpha value is -2.28. The summed E-state index contributed by atoms with van der Waals surface area (Å²) >= 11 is 1.41. The van der Waals surface area contributed by atoms with E-state index in [-0.39, 0.29) is 12.5 Å². The number of hydrogen-bond acceptors (Lipinski definition) is 7. The molecule has 128 valence electrons. The summed E-state index contributed by atoms with van der Waals surface area (Å²) in [5, 5.41) is 2.46. The minimum Gasteiger partial charge on any atom is -0.490 e. The van der Waals surface area contributed by atoms with E-state index in [1.807, 2.05) is 28.5 Å². The zero-order valence-corrected chi connectivity index (χ0v) is 14.5. The summed E-state index contributed by atoms with van der Waals surface area (Å²) in [5.74, 6) is 0.564. The molecule has 0 bridgehead atoms. The minimum atomic E-state index is -0.209. The van der Waals surface area contributed by atoms with E-state index >= 15 is 0 Å². The summed E-state index contributed by atoms with van der Waals surface area (Å²) in [4.78, 5) is 18.3. The number of carbonyl (C=O) groups excluding carboxylic acids is 1. The Morgan fingerprint density at radius 2 is 2.38 bits per heavy atom. The molecule has 1 aliphatic rings. The van der Waals surface area contributed by atoms with Gasteiger partial charge in [-0.15, -0.1) is 11.3 Å². The molecule has 0 saturated carbocycles. The highest BCUT2D eigenvalue weighted by atomic mass is 32.1. The zero-order chi connectivity index (χ0) is 16.9. The number of hydrogen-bond donors (Lipinski definition) is 1. The van der Waals surface area contributed by atoms with Crippen LogP contribution in [0.5, 0.6) is 5.75 Å². The van der Waals surface area contributed by atoms with Crippen molar-refractivity contribution in [2.75, 3.05) is 36.9 Å². The van der Waals surface area contributed by atoms with Gasteiger partial charge in [-0.25, -0.2) is 4.98 Å². The first kappa shape index (κ1) is 16.6. The SMILES string of the molecule is CCCCOC(=O)CN1CCOc2ccc(-c3csc(N)n3)cc21. The number of benzene rings is 1. The van der Waals surface area contributed by atoms with Crippen LogP contribution in [0.4, 0.5) is 10.8 Å². The van der Waals surface area contributed by atoms with Crippen LogP contribution in [0, 0.1) is 0 Å². The third-order valence-corrected chi connectivity index (χ3v) is 4.49. The van der Waals surface area contributed by atoms with Crippen molar-refractivity contribution in [2.24, 2.45) is 0 Å². The number of thiazole rings is 1. The van der Waals surface area contributed by atoms with E-state index < -0.39 is 0 Å². The lowest BCUT2D eigenvalue weighted by molar-refractivity contribution is -0.142. The minimum absolute atomic E-state index is 0.209. The molecule has 0 fully saturated rings. The molecule has 24 heavy (non-hydrogen) atoms. The quantitative estimate of drug-likeness (QED) is 0.639. The smallest absolute Gasteiger partial charge is 0.325 e. The van der Waals surface area contributed by atoms with Gasteiger partial charge in [0.1, 0.15) is 18.9 Å². The van der Waals surface area contributed by atoms with Crippen molar-refractivity contribution < 1.29 is 14.3 Å². The van der Waals surface area contributed by atoms with E-state index in [0.29, 0.717) is 24.9 Å². The molecular weight excluding hydrogens is 326 g/mol. The molecule has 0 radical (unpaired) electrons. The van der Waals surface area contributed by atoms with Gasteiger partial charge in [0, 0.05) is 10.9 Å². The molecule has 0 unspecified atom stereocenters. The molecule has 2 aromatic rings. The molecule has 6 nitrogen and oxygen atoms in total. The number of rotatable bonds is 6. The van der Waals surface area contributed by atoms with Gasteiger partial charge < -0.3 is 20.1 Å². The Morgan fingerprint density at radius 1 is 1.50 bits per heavy atom. The Labute approximate surface area is 145 Å². The number of esters is 1. The second-order valence-corrected chi connectivity index (χ2v) is 6.49. The largest absolute Gasteiger partial charge is 0.490 e. The van der Waals surface area contributed by atoms with E-state index in [9.17, 15) is 4.79 Å². The second kappa shape index (κ2) is 7.53. The van der Waals surface area contributed by atoms with Crippen molar-refractivity contribution in [3.63, 3.8) is 0 Å². The number of fused-ring (bicyclic) bond motifs is 1. The average molecular weight is 347 g/mol. The highest BCUT2D eigenvalue weighted by Crippen LogP contribution is 2.36. The van der Waals surface area contributed by atoms with Crippen molar-refractivity contribution in [2.45, 2.75) is 19.8 Å². The highest BCUT2D eigenvalue weighted by Gasteiger charge is 2.22. The number of nitrogens with zero attached hydrogens (tertiary/aromatic N) is 2. The normalized spacial score (nSPS) is 13.3. The second-order valence-electron chi connectivity index (χ2n) is 5.60. The number of nitrogens with two attached hydrogens (primary N) is 1. The molecule has 0 aliphatic carbocycles. The van der Waals surface area contributed by atoms with Gasteiger partial charge >= 0.3 is 5.97 Å². The third kappa shape index (κ3) is 3.79. The molecule has 7 heteroatoms. The maximum absolute atomic E-state index is 12.0. The van der Waals surface area contributed by atoms with Gasteiger partial charge in [-0.1, -0.05) is 13.3 Å².